The second-order valence-electron chi connectivity index (χ2n) is 4.19. The second kappa shape index (κ2) is 4.45. The Labute approximate surface area is 105 Å². The molecule has 3 nitrogen and oxygen atoms in total. The summed E-state index contributed by atoms with van der Waals surface area (Å²) in [5, 5.41) is 0. The largest absolute Gasteiger partial charge is 0.326 e. The first-order chi connectivity index (χ1) is 8.88. The van der Waals surface area contributed by atoms with Crippen molar-refractivity contribution in [2.45, 2.75) is 6.54 Å². The Balaban J connectivity index is 2.06. The van der Waals surface area contributed by atoms with Crippen molar-refractivity contribution in [1.82, 2.24) is 9.55 Å². The van der Waals surface area contributed by atoms with Gasteiger partial charge in [0.25, 0.3) is 0 Å². The van der Waals surface area contributed by atoms with Crippen molar-refractivity contribution in [2.24, 2.45) is 0 Å². The van der Waals surface area contributed by atoms with Crippen molar-refractivity contribution in [1.29, 1.82) is 0 Å². The van der Waals surface area contributed by atoms with Crippen molar-refractivity contribution < 1.29 is 4.79 Å². The smallest absolute Gasteiger partial charge is 0.152 e. The third kappa shape index (κ3) is 1.80. The zero-order valence-electron chi connectivity index (χ0n) is 9.78. The molecule has 0 aliphatic rings. The molecule has 1 aromatic heterocycles. The summed E-state index contributed by atoms with van der Waals surface area (Å²) in [4.78, 5) is 15.3. The Bertz CT molecular complexity index is 686. The number of fused-ring (bicyclic) bond motifs is 1. The lowest BCUT2D eigenvalue weighted by atomic mass is 10.2. The average Bonchev–Trinajstić information content (AvgIpc) is 2.83. The highest BCUT2D eigenvalue weighted by Crippen LogP contribution is 2.17. The van der Waals surface area contributed by atoms with Crippen LogP contribution in [-0.2, 0) is 6.54 Å². The number of para-hydroxylation sites is 1. The lowest BCUT2D eigenvalue weighted by molar-refractivity contribution is 0.112. The second-order valence-corrected chi connectivity index (χ2v) is 4.19. The molecule has 88 valence electrons. The molecule has 0 aliphatic heterocycles. The third-order valence-corrected chi connectivity index (χ3v) is 3.00. The molecule has 3 rings (SSSR count). The van der Waals surface area contributed by atoms with E-state index >= 15 is 0 Å². The van der Waals surface area contributed by atoms with Crippen LogP contribution in [0.2, 0.25) is 0 Å². The van der Waals surface area contributed by atoms with Crippen LogP contribution in [0.25, 0.3) is 11.0 Å². The molecular formula is C15H12N2O. The minimum absolute atomic E-state index is 0.638. The summed E-state index contributed by atoms with van der Waals surface area (Å²) in [5.74, 6) is 0. The molecular weight excluding hydrogens is 224 g/mol. The van der Waals surface area contributed by atoms with Gasteiger partial charge >= 0.3 is 0 Å². The standard InChI is InChI=1S/C15H12N2O/c18-10-13-7-4-8-14-15(13)16-11-17(14)9-12-5-2-1-3-6-12/h1-8,10-11H,9H2. The van der Waals surface area contributed by atoms with Crippen LogP contribution in [0, 0.1) is 0 Å². The van der Waals surface area contributed by atoms with Crippen LogP contribution < -0.4 is 0 Å². The summed E-state index contributed by atoms with van der Waals surface area (Å²) < 4.78 is 2.05. The summed E-state index contributed by atoms with van der Waals surface area (Å²) in [6.45, 7) is 0.764. The molecule has 0 spiro atoms. The van der Waals surface area contributed by atoms with Gasteiger partial charge in [0, 0.05) is 12.1 Å². The van der Waals surface area contributed by atoms with Gasteiger partial charge in [-0.1, -0.05) is 36.4 Å². The summed E-state index contributed by atoms with van der Waals surface area (Å²) in [5.41, 5.74) is 3.61. The fraction of sp³-hybridized carbons (Fsp3) is 0.0667. The van der Waals surface area contributed by atoms with E-state index in [4.69, 9.17) is 0 Å². The van der Waals surface area contributed by atoms with Crippen LogP contribution in [0.15, 0.2) is 54.9 Å². The van der Waals surface area contributed by atoms with Gasteiger partial charge in [0.15, 0.2) is 6.29 Å². The summed E-state index contributed by atoms with van der Waals surface area (Å²) >= 11 is 0. The first-order valence-corrected chi connectivity index (χ1v) is 5.81. The Hall–Kier alpha value is -2.42. The summed E-state index contributed by atoms with van der Waals surface area (Å²) in [7, 11) is 0. The molecule has 0 radical (unpaired) electrons. The van der Waals surface area contributed by atoms with Crippen LogP contribution in [0.1, 0.15) is 15.9 Å². The maximum Gasteiger partial charge on any atom is 0.152 e. The van der Waals surface area contributed by atoms with Crippen molar-refractivity contribution in [3.05, 3.63) is 66.0 Å². The lowest BCUT2D eigenvalue weighted by Crippen LogP contribution is -1.97. The van der Waals surface area contributed by atoms with Gasteiger partial charge in [0.05, 0.1) is 17.4 Å². The number of carbonyl (C=O) groups excluding carboxylic acids is 1. The molecule has 0 saturated heterocycles. The molecule has 18 heavy (non-hydrogen) atoms. The molecule has 0 aliphatic carbocycles. The molecule has 0 N–H and O–H groups in total. The first-order valence-electron chi connectivity index (χ1n) is 5.81. The fourth-order valence-electron chi connectivity index (χ4n) is 2.11. The number of rotatable bonds is 3. The van der Waals surface area contributed by atoms with Crippen LogP contribution in [0.3, 0.4) is 0 Å². The number of aromatic nitrogens is 2. The predicted octanol–water partition coefficient (Wildman–Crippen LogP) is 2.90. The van der Waals surface area contributed by atoms with Gasteiger partial charge in [-0.05, 0) is 17.7 Å². The fourth-order valence-corrected chi connectivity index (χ4v) is 2.11. The average molecular weight is 236 g/mol. The normalized spacial score (nSPS) is 10.7. The molecule has 0 saturated carbocycles. The maximum absolute atomic E-state index is 10.9. The number of nitrogens with zero attached hydrogens (tertiary/aromatic N) is 2. The molecule has 0 bridgehead atoms. The van der Waals surface area contributed by atoms with E-state index in [1.54, 1.807) is 12.4 Å². The van der Waals surface area contributed by atoms with E-state index in [1.165, 1.54) is 5.56 Å². The van der Waals surface area contributed by atoms with Crippen molar-refractivity contribution in [2.75, 3.05) is 0 Å². The Kier molecular flexibility index (Phi) is 2.65. The highest BCUT2D eigenvalue weighted by molar-refractivity contribution is 5.94. The number of hydrogen-bond acceptors (Lipinski definition) is 2. The highest BCUT2D eigenvalue weighted by Gasteiger charge is 2.06. The maximum atomic E-state index is 10.9. The molecule has 0 fully saturated rings. The summed E-state index contributed by atoms with van der Waals surface area (Å²) in [6, 6.07) is 15.9. The van der Waals surface area contributed by atoms with Gasteiger partial charge in [-0.15, -0.1) is 0 Å². The first kappa shape index (κ1) is 10.7. The molecule has 0 amide bonds. The van der Waals surface area contributed by atoms with Gasteiger partial charge in [-0.25, -0.2) is 4.98 Å². The molecule has 3 heteroatoms. The Morgan fingerprint density at radius 2 is 1.89 bits per heavy atom. The van der Waals surface area contributed by atoms with E-state index in [2.05, 4.69) is 21.7 Å². The number of benzene rings is 2. The zero-order chi connectivity index (χ0) is 12.4. The van der Waals surface area contributed by atoms with E-state index in [0.717, 1.165) is 23.9 Å². The van der Waals surface area contributed by atoms with E-state index in [9.17, 15) is 4.79 Å². The van der Waals surface area contributed by atoms with E-state index in [0.29, 0.717) is 5.56 Å². The van der Waals surface area contributed by atoms with Crippen LogP contribution in [-0.4, -0.2) is 15.8 Å². The minimum Gasteiger partial charge on any atom is -0.326 e. The predicted molar refractivity (Wildman–Crippen MR) is 70.7 cm³/mol. The van der Waals surface area contributed by atoms with Gasteiger partial charge in [0.1, 0.15) is 0 Å². The van der Waals surface area contributed by atoms with Gasteiger partial charge < -0.3 is 4.57 Å². The SMILES string of the molecule is O=Cc1cccc2c1ncn2Cc1ccccc1. The molecule has 0 atom stereocenters. The van der Waals surface area contributed by atoms with Crippen LogP contribution >= 0.6 is 0 Å². The van der Waals surface area contributed by atoms with E-state index in [1.807, 2.05) is 30.3 Å². The van der Waals surface area contributed by atoms with Crippen molar-refractivity contribution in [3.8, 4) is 0 Å². The monoisotopic (exact) mass is 236 g/mol. The third-order valence-electron chi connectivity index (χ3n) is 3.00. The lowest BCUT2D eigenvalue weighted by Gasteiger charge is -2.04. The van der Waals surface area contributed by atoms with Crippen molar-refractivity contribution in [3.63, 3.8) is 0 Å². The van der Waals surface area contributed by atoms with Crippen molar-refractivity contribution >= 4 is 17.3 Å². The number of aldehydes is 1. The Morgan fingerprint density at radius 1 is 1.06 bits per heavy atom. The van der Waals surface area contributed by atoms with Gasteiger partial charge in [-0.3, -0.25) is 4.79 Å². The molecule has 3 aromatic rings. The topological polar surface area (TPSA) is 34.9 Å². The molecule has 1 heterocycles. The molecule has 0 unspecified atom stereocenters. The van der Waals surface area contributed by atoms with Crippen LogP contribution in [0.5, 0.6) is 0 Å². The number of imidazole rings is 1. The van der Waals surface area contributed by atoms with E-state index in [-0.39, 0.29) is 0 Å². The quantitative estimate of drug-likeness (QED) is 0.655. The van der Waals surface area contributed by atoms with Gasteiger partial charge in [-0.2, -0.15) is 0 Å². The van der Waals surface area contributed by atoms with Crippen LogP contribution in [0.4, 0.5) is 0 Å². The van der Waals surface area contributed by atoms with Gasteiger partial charge in [0.2, 0.25) is 0 Å². The highest BCUT2D eigenvalue weighted by atomic mass is 16.1. The van der Waals surface area contributed by atoms with E-state index < -0.39 is 0 Å². The zero-order valence-corrected chi connectivity index (χ0v) is 9.78. The minimum atomic E-state index is 0.638. The number of hydrogen-bond donors (Lipinski definition) is 0. The number of carbonyl (C=O) groups is 1. The molecule has 2 aromatic carbocycles. The summed E-state index contributed by atoms with van der Waals surface area (Å²) in [6.07, 6.45) is 2.63. The Morgan fingerprint density at radius 3 is 2.67 bits per heavy atom.